The fourth-order valence-corrected chi connectivity index (χ4v) is 4.48. The number of carbonyl (C=O) groups excluding carboxylic acids is 3. The van der Waals surface area contributed by atoms with Gasteiger partial charge in [0, 0.05) is 37.3 Å². The number of amides is 3. The summed E-state index contributed by atoms with van der Waals surface area (Å²) in [7, 11) is 3.12. The molecule has 1 aliphatic rings. The molecule has 3 amide bonds. The number of piperidine rings is 1. The summed E-state index contributed by atoms with van der Waals surface area (Å²) in [6.07, 6.45) is 1.23. The first kappa shape index (κ1) is 26.1. The molecule has 0 aromatic heterocycles. The predicted molar refractivity (Wildman–Crippen MR) is 134 cm³/mol. The summed E-state index contributed by atoms with van der Waals surface area (Å²) in [6, 6.07) is 13.3. The van der Waals surface area contributed by atoms with E-state index in [0.29, 0.717) is 61.6 Å². The molecule has 0 spiro atoms. The van der Waals surface area contributed by atoms with E-state index in [4.69, 9.17) is 9.47 Å². The second-order valence-electron chi connectivity index (χ2n) is 8.56. The van der Waals surface area contributed by atoms with Gasteiger partial charge >= 0.3 is 0 Å². The SMILES string of the molecule is CCN(CC)C(=O)[C@H](NC(=O)c1cccc(OC)c1)C1CCN(C(=O)c2cccc(OC)c2)CC1. The minimum Gasteiger partial charge on any atom is -0.497 e. The van der Waals surface area contributed by atoms with Gasteiger partial charge in [0.1, 0.15) is 17.5 Å². The highest BCUT2D eigenvalue weighted by Gasteiger charge is 2.36. The summed E-state index contributed by atoms with van der Waals surface area (Å²) in [4.78, 5) is 43.0. The van der Waals surface area contributed by atoms with E-state index >= 15 is 0 Å². The lowest BCUT2D eigenvalue weighted by molar-refractivity contribution is -0.134. The number of carbonyl (C=O) groups is 3. The molecule has 2 aromatic rings. The highest BCUT2D eigenvalue weighted by atomic mass is 16.5. The van der Waals surface area contributed by atoms with Gasteiger partial charge in [-0.2, -0.15) is 0 Å². The maximum absolute atomic E-state index is 13.4. The van der Waals surface area contributed by atoms with E-state index < -0.39 is 6.04 Å². The van der Waals surface area contributed by atoms with Crippen molar-refractivity contribution in [2.45, 2.75) is 32.7 Å². The van der Waals surface area contributed by atoms with Gasteiger partial charge in [-0.1, -0.05) is 12.1 Å². The van der Waals surface area contributed by atoms with Crippen LogP contribution in [0.25, 0.3) is 0 Å². The molecule has 0 bridgehead atoms. The van der Waals surface area contributed by atoms with E-state index in [9.17, 15) is 14.4 Å². The minimum atomic E-state index is -0.664. The van der Waals surface area contributed by atoms with Crippen LogP contribution in [0.4, 0.5) is 0 Å². The number of likely N-dealkylation sites (tertiary alicyclic amines) is 1. The fraction of sp³-hybridized carbons (Fsp3) is 0.444. The standard InChI is InChI=1S/C27H35N3O5/c1-5-29(6-2)27(33)24(28-25(31)20-9-7-11-22(17-20)34-3)19-13-15-30(16-14-19)26(32)21-10-8-12-23(18-21)35-4/h7-12,17-19,24H,5-6,13-16H2,1-4H3,(H,28,31)/t24-/m1/s1. The molecular weight excluding hydrogens is 446 g/mol. The summed E-state index contributed by atoms with van der Waals surface area (Å²) >= 11 is 0. The lowest BCUT2D eigenvalue weighted by Crippen LogP contribution is -2.54. The minimum absolute atomic E-state index is 0.0608. The van der Waals surface area contributed by atoms with Crippen LogP contribution in [0.1, 0.15) is 47.4 Å². The zero-order valence-electron chi connectivity index (χ0n) is 21.0. The molecule has 8 heteroatoms. The van der Waals surface area contributed by atoms with Crippen molar-refractivity contribution < 1.29 is 23.9 Å². The monoisotopic (exact) mass is 481 g/mol. The Morgan fingerprint density at radius 3 is 2.03 bits per heavy atom. The van der Waals surface area contributed by atoms with Crippen LogP contribution < -0.4 is 14.8 Å². The van der Waals surface area contributed by atoms with Gasteiger partial charge in [-0.25, -0.2) is 0 Å². The average Bonchev–Trinajstić information content (AvgIpc) is 2.91. The maximum Gasteiger partial charge on any atom is 0.253 e. The number of nitrogens with zero attached hydrogens (tertiary/aromatic N) is 2. The van der Waals surface area contributed by atoms with Gasteiger partial charge in [-0.05, 0) is 69.0 Å². The second-order valence-corrected chi connectivity index (χ2v) is 8.56. The molecule has 1 aliphatic heterocycles. The van der Waals surface area contributed by atoms with Crippen molar-refractivity contribution in [1.82, 2.24) is 15.1 Å². The fourth-order valence-electron chi connectivity index (χ4n) is 4.48. The third-order valence-corrected chi connectivity index (χ3v) is 6.57. The number of rotatable bonds is 9. The van der Waals surface area contributed by atoms with Gasteiger partial charge in [0.2, 0.25) is 5.91 Å². The Hall–Kier alpha value is -3.55. The number of methoxy groups -OCH3 is 2. The Labute approximate surface area is 207 Å². The number of ether oxygens (including phenoxy) is 2. The van der Waals surface area contributed by atoms with Gasteiger partial charge in [0.05, 0.1) is 14.2 Å². The molecule has 0 radical (unpaired) electrons. The lowest BCUT2D eigenvalue weighted by Gasteiger charge is -2.37. The van der Waals surface area contributed by atoms with Crippen LogP contribution >= 0.6 is 0 Å². The van der Waals surface area contributed by atoms with Gasteiger partial charge in [0.15, 0.2) is 0 Å². The smallest absolute Gasteiger partial charge is 0.253 e. The summed E-state index contributed by atoms with van der Waals surface area (Å²) in [6.45, 7) is 6.01. The highest BCUT2D eigenvalue weighted by molar-refractivity contribution is 5.98. The van der Waals surface area contributed by atoms with E-state index in [2.05, 4.69) is 5.32 Å². The van der Waals surface area contributed by atoms with E-state index in [0.717, 1.165) is 0 Å². The molecule has 3 rings (SSSR count). The normalized spacial score (nSPS) is 14.7. The summed E-state index contributed by atoms with van der Waals surface area (Å²) in [5.41, 5.74) is 1.01. The van der Waals surface area contributed by atoms with Crippen molar-refractivity contribution in [3.8, 4) is 11.5 Å². The number of hydrogen-bond donors (Lipinski definition) is 1. The Morgan fingerprint density at radius 2 is 1.49 bits per heavy atom. The molecule has 1 atom stereocenters. The van der Waals surface area contributed by atoms with E-state index in [1.54, 1.807) is 72.6 Å². The van der Waals surface area contributed by atoms with Crippen molar-refractivity contribution in [1.29, 1.82) is 0 Å². The Kier molecular flexibility index (Phi) is 9.11. The van der Waals surface area contributed by atoms with Crippen molar-refractivity contribution in [3.63, 3.8) is 0 Å². The second kappa shape index (κ2) is 12.2. The molecular formula is C27H35N3O5. The Balaban J connectivity index is 1.74. The molecule has 1 N–H and O–H groups in total. The van der Waals surface area contributed by atoms with Crippen LogP contribution in [0, 0.1) is 5.92 Å². The molecule has 0 unspecified atom stereocenters. The van der Waals surface area contributed by atoms with E-state index in [-0.39, 0.29) is 23.6 Å². The quantitative estimate of drug-likeness (QED) is 0.594. The Bertz CT molecular complexity index is 1030. The third kappa shape index (κ3) is 6.32. The average molecular weight is 482 g/mol. The number of benzene rings is 2. The first-order valence-electron chi connectivity index (χ1n) is 12.1. The molecule has 35 heavy (non-hydrogen) atoms. The third-order valence-electron chi connectivity index (χ3n) is 6.57. The summed E-state index contributed by atoms with van der Waals surface area (Å²) in [5.74, 6) is 0.666. The topological polar surface area (TPSA) is 88.2 Å². The number of nitrogens with one attached hydrogen (secondary N) is 1. The molecule has 0 saturated carbocycles. The molecule has 188 valence electrons. The van der Waals surface area contributed by atoms with Gasteiger partial charge in [-0.15, -0.1) is 0 Å². The maximum atomic E-state index is 13.4. The molecule has 1 saturated heterocycles. The van der Waals surface area contributed by atoms with Gasteiger partial charge in [-0.3, -0.25) is 14.4 Å². The van der Waals surface area contributed by atoms with Crippen molar-refractivity contribution in [2.75, 3.05) is 40.4 Å². The molecule has 1 fully saturated rings. The van der Waals surface area contributed by atoms with Crippen LogP contribution in [0.5, 0.6) is 11.5 Å². The van der Waals surface area contributed by atoms with Crippen molar-refractivity contribution in [3.05, 3.63) is 59.7 Å². The first-order valence-corrected chi connectivity index (χ1v) is 12.1. The van der Waals surface area contributed by atoms with Crippen molar-refractivity contribution in [2.24, 2.45) is 5.92 Å². The number of likely N-dealkylation sites (N-methyl/N-ethyl adjacent to an activating group) is 1. The zero-order chi connectivity index (χ0) is 25.4. The molecule has 0 aliphatic carbocycles. The van der Waals surface area contributed by atoms with Crippen LogP contribution in [-0.4, -0.2) is 74.0 Å². The van der Waals surface area contributed by atoms with Gasteiger partial charge < -0.3 is 24.6 Å². The van der Waals surface area contributed by atoms with Gasteiger partial charge in [0.25, 0.3) is 11.8 Å². The molecule has 1 heterocycles. The van der Waals surface area contributed by atoms with Crippen LogP contribution in [0.2, 0.25) is 0 Å². The van der Waals surface area contributed by atoms with Crippen LogP contribution in [-0.2, 0) is 4.79 Å². The highest BCUT2D eigenvalue weighted by Crippen LogP contribution is 2.25. The van der Waals surface area contributed by atoms with Crippen LogP contribution in [0.15, 0.2) is 48.5 Å². The van der Waals surface area contributed by atoms with E-state index in [1.165, 1.54) is 0 Å². The largest absolute Gasteiger partial charge is 0.497 e. The lowest BCUT2D eigenvalue weighted by atomic mass is 9.87. The first-order chi connectivity index (χ1) is 16.9. The number of hydrogen-bond acceptors (Lipinski definition) is 5. The summed E-state index contributed by atoms with van der Waals surface area (Å²) in [5, 5.41) is 2.99. The zero-order valence-corrected chi connectivity index (χ0v) is 21.0. The Morgan fingerprint density at radius 1 is 0.943 bits per heavy atom. The van der Waals surface area contributed by atoms with Crippen molar-refractivity contribution >= 4 is 17.7 Å². The predicted octanol–water partition coefficient (Wildman–Crippen LogP) is 3.22. The molecule has 2 aromatic carbocycles. The van der Waals surface area contributed by atoms with Crippen LogP contribution in [0.3, 0.4) is 0 Å². The molecule has 8 nitrogen and oxygen atoms in total. The summed E-state index contributed by atoms with van der Waals surface area (Å²) < 4.78 is 10.5. The van der Waals surface area contributed by atoms with E-state index in [1.807, 2.05) is 13.8 Å².